The summed E-state index contributed by atoms with van der Waals surface area (Å²) in [6.07, 6.45) is 0.834. The lowest BCUT2D eigenvalue weighted by Gasteiger charge is -2.27. The smallest absolute Gasteiger partial charge is 0.197 e. The van der Waals surface area contributed by atoms with E-state index in [0.717, 1.165) is 6.42 Å². The molecule has 0 heterocycles. The van der Waals surface area contributed by atoms with Crippen LogP contribution in [0.1, 0.15) is 54.9 Å². The van der Waals surface area contributed by atoms with E-state index in [1.54, 1.807) is 0 Å². The van der Waals surface area contributed by atoms with Crippen molar-refractivity contribution in [3.8, 4) is 0 Å². The van der Waals surface area contributed by atoms with Crippen molar-refractivity contribution in [2.24, 2.45) is 0 Å². The monoisotopic (exact) mass is 250 g/mol. The minimum absolute atomic E-state index is 0.0263. The van der Waals surface area contributed by atoms with Crippen molar-refractivity contribution in [1.29, 1.82) is 0 Å². The molecule has 0 amide bonds. The van der Waals surface area contributed by atoms with Crippen LogP contribution >= 0.6 is 8.03 Å². The quantitative estimate of drug-likeness (QED) is 0.671. The summed E-state index contributed by atoms with van der Waals surface area (Å²) in [5.41, 5.74) is -0.182. The first-order valence-electron chi connectivity index (χ1n) is 5.93. The molecule has 0 fully saturated rings. The predicted molar refractivity (Wildman–Crippen MR) is 69.6 cm³/mol. The lowest BCUT2D eigenvalue weighted by molar-refractivity contribution is -0.0664. The van der Waals surface area contributed by atoms with Crippen LogP contribution in [0.5, 0.6) is 0 Å². The maximum Gasteiger partial charge on any atom is 0.197 e. The van der Waals surface area contributed by atoms with E-state index in [0.29, 0.717) is 6.61 Å². The van der Waals surface area contributed by atoms with Gasteiger partial charge in [-0.2, -0.15) is 0 Å². The van der Waals surface area contributed by atoms with Gasteiger partial charge >= 0.3 is 0 Å². The van der Waals surface area contributed by atoms with Crippen molar-refractivity contribution < 1.29 is 13.8 Å². The van der Waals surface area contributed by atoms with Gasteiger partial charge in [0.1, 0.15) is 0 Å². The Morgan fingerprint density at radius 2 is 1.69 bits per heavy atom. The second-order valence-corrected chi connectivity index (χ2v) is 8.09. The second kappa shape index (κ2) is 6.18. The Bertz CT molecular complexity index is 231. The number of hydrogen-bond donors (Lipinski definition) is 0. The van der Waals surface area contributed by atoms with E-state index in [1.165, 1.54) is 0 Å². The van der Waals surface area contributed by atoms with Crippen LogP contribution in [0.3, 0.4) is 0 Å². The normalized spacial score (nSPS) is 17.2. The average molecular weight is 250 g/mol. The molecule has 0 radical (unpaired) electrons. The topological polar surface area (TPSA) is 35.5 Å². The number of ether oxygens (including phenoxy) is 1. The third-order valence-corrected chi connectivity index (χ3v) is 4.33. The highest BCUT2D eigenvalue weighted by atomic mass is 31.1. The molecule has 2 unspecified atom stereocenters. The second-order valence-electron chi connectivity index (χ2n) is 5.88. The molecule has 0 saturated carbocycles. The molecule has 0 saturated heterocycles. The lowest BCUT2D eigenvalue weighted by Crippen LogP contribution is -2.28. The van der Waals surface area contributed by atoms with E-state index in [9.17, 15) is 4.57 Å². The highest BCUT2D eigenvalue weighted by Gasteiger charge is 2.25. The van der Waals surface area contributed by atoms with Gasteiger partial charge in [0.2, 0.25) is 0 Å². The van der Waals surface area contributed by atoms with Crippen LogP contribution in [0.15, 0.2) is 0 Å². The summed E-state index contributed by atoms with van der Waals surface area (Å²) in [6.45, 7) is 14.3. The first-order chi connectivity index (χ1) is 7.08. The van der Waals surface area contributed by atoms with Crippen LogP contribution in [-0.4, -0.2) is 23.5 Å². The molecule has 0 aliphatic rings. The fraction of sp³-hybridized carbons (Fsp3) is 1.00. The fourth-order valence-electron chi connectivity index (χ4n) is 1.17. The molecule has 4 heteroatoms. The summed E-state index contributed by atoms with van der Waals surface area (Å²) in [7, 11) is -2.00. The molecule has 98 valence electrons. The maximum absolute atomic E-state index is 11.9. The molecule has 0 spiro atoms. The van der Waals surface area contributed by atoms with Crippen molar-refractivity contribution in [3.63, 3.8) is 0 Å². The van der Waals surface area contributed by atoms with Crippen molar-refractivity contribution in [2.45, 2.75) is 71.7 Å². The third-order valence-electron chi connectivity index (χ3n) is 2.44. The Morgan fingerprint density at radius 3 is 2.06 bits per heavy atom. The lowest BCUT2D eigenvalue weighted by atomic mass is 10.1. The summed E-state index contributed by atoms with van der Waals surface area (Å²) < 4.78 is 23.0. The number of hydrogen-bond acceptors (Lipinski definition) is 3. The van der Waals surface area contributed by atoms with Crippen molar-refractivity contribution in [2.75, 3.05) is 6.61 Å². The Labute approximate surface area is 101 Å². The Morgan fingerprint density at radius 1 is 1.19 bits per heavy atom. The van der Waals surface area contributed by atoms with Crippen LogP contribution in [-0.2, 0) is 13.8 Å². The summed E-state index contributed by atoms with van der Waals surface area (Å²) in [5.74, 6) is 0. The largest absolute Gasteiger partial charge is 0.371 e. The van der Waals surface area contributed by atoms with E-state index in [-0.39, 0.29) is 16.9 Å². The van der Waals surface area contributed by atoms with E-state index in [1.807, 2.05) is 48.5 Å². The molecular formula is C12H27O3P. The molecule has 3 nitrogen and oxygen atoms in total. The van der Waals surface area contributed by atoms with E-state index >= 15 is 0 Å². The SMILES string of the molecule is CCC(C)(C)[PH](=O)OCC(C)OC(C)(C)C. The van der Waals surface area contributed by atoms with E-state index in [2.05, 4.69) is 0 Å². The molecule has 0 aromatic rings. The molecule has 0 aliphatic heterocycles. The third kappa shape index (κ3) is 6.67. The zero-order valence-electron chi connectivity index (χ0n) is 11.7. The molecule has 2 atom stereocenters. The maximum atomic E-state index is 11.9. The van der Waals surface area contributed by atoms with Gasteiger partial charge in [-0.3, -0.25) is 4.57 Å². The average Bonchev–Trinajstić information content (AvgIpc) is 2.11. The number of rotatable bonds is 6. The molecular weight excluding hydrogens is 223 g/mol. The molecule has 16 heavy (non-hydrogen) atoms. The Hall–Kier alpha value is 0.150. The highest BCUT2D eigenvalue weighted by molar-refractivity contribution is 7.41. The molecule has 0 N–H and O–H groups in total. The van der Waals surface area contributed by atoms with Crippen molar-refractivity contribution in [1.82, 2.24) is 0 Å². The van der Waals surface area contributed by atoms with Gasteiger partial charge in [-0.25, -0.2) is 0 Å². The molecule has 0 aromatic carbocycles. The van der Waals surface area contributed by atoms with Crippen molar-refractivity contribution >= 4 is 8.03 Å². The molecule has 0 aliphatic carbocycles. The summed E-state index contributed by atoms with van der Waals surface area (Å²) in [4.78, 5) is 0. The zero-order valence-corrected chi connectivity index (χ0v) is 12.7. The summed E-state index contributed by atoms with van der Waals surface area (Å²) >= 11 is 0. The van der Waals surface area contributed by atoms with Crippen LogP contribution in [0.2, 0.25) is 0 Å². The minimum atomic E-state index is -2.00. The Balaban J connectivity index is 4.02. The highest BCUT2D eigenvalue weighted by Crippen LogP contribution is 2.42. The van der Waals surface area contributed by atoms with Crippen LogP contribution in [0.25, 0.3) is 0 Å². The molecule has 0 bridgehead atoms. The van der Waals surface area contributed by atoms with Gasteiger partial charge in [0.15, 0.2) is 8.03 Å². The van der Waals surface area contributed by atoms with Gasteiger partial charge in [-0.1, -0.05) is 20.8 Å². The fourth-order valence-corrected chi connectivity index (χ4v) is 2.24. The standard InChI is InChI=1S/C12H27O3P/c1-8-12(6,7)16(13)14-9-10(2)15-11(3,4)5/h10,16H,8-9H2,1-7H3. The van der Waals surface area contributed by atoms with Gasteiger partial charge in [-0.05, 0) is 34.1 Å². The first kappa shape index (κ1) is 16.1. The van der Waals surface area contributed by atoms with Crippen LogP contribution in [0.4, 0.5) is 0 Å². The van der Waals surface area contributed by atoms with E-state index in [4.69, 9.17) is 9.26 Å². The van der Waals surface area contributed by atoms with Gasteiger partial charge < -0.3 is 9.26 Å². The van der Waals surface area contributed by atoms with Gasteiger partial charge in [0.25, 0.3) is 0 Å². The Kier molecular flexibility index (Phi) is 6.24. The predicted octanol–water partition coefficient (Wildman–Crippen LogP) is 3.87. The molecule has 0 aromatic heterocycles. The van der Waals surface area contributed by atoms with E-state index < -0.39 is 8.03 Å². The van der Waals surface area contributed by atoms with Gasteiger partial charge in [0.05, 0.1) is 18.3 Å². The molecule has 0 rings (SSSR count). The first-order valence-corrected chi connectivity index (χ1v) is 7.25. The minimum Gasteiger partial charge on any atom is -0.371 e. The van der Waals surface area contributed by atoms with Gasteiger partial charge in [-0.15, -0.1) is 0 Å². The van der Waals surface area contributed by atoms with Crippen LogP contribution < -0.4 is 0 Å². The summed E-state index contributed by atoms with van der Waals surface area (Å²) in [6, 6.07) is 0. The summed E-state index contributed by atoms with van der Waals surface area (Å²) in [5, 5.41) is -0.216. The van der Waals surface area contributed by atoms with Gasteiger partial charge in [0, 0.05) is 5.16 Å². The zero-order chi connectivity index (χ0) is 13.0. The van der Waals surface area contributed by atoms with Crippen LogP contribution in [0, 0.1) is 0 Å². The van der Waals surface area contributed by atoms with Crippen molar-refractivity contribution in [3.05, 3.63) is 0 Å².